The standard InChI is InChI=1S/C14H23NO2.ClH/c1-9-5-6-11(16)10(7-9)12(17)8-13(15)14(2,3)4;/h5-7,12-13,16-17H,8,15H2,1-4H3;1H/t12-,13-;/m1./s1. The van der Waals surface area contributed by atoms with E-state index in [1.807, 2.05) is 33.8 Å². The number of nitrogens with two attached hydrogens (primary N) is 1. The summed E-state index contributed by atoms with van der Waals surface area (Å²) in [5.74, 6) is 0.129. The Labute approximate surface area is 115 Å². The summed E-state index contributed by atoms with van der Waals surface area (Å²) in [6.45, 7) is 8.06. The minimum absolute atomic E-state index is 0. The number of aromatic hydroxyl groups is 1. The zero-order valence-corrected chi connectivity index (χ0v) is 12.3. The molecule has 0 heterocycles. The molecule has 4 heteroatoms. The van der Waals surface area contributed by atoms with Gasteiger partial charge in [-0.15, -0.1) is 12.4 Å². The molecule has 0 aromatic heterocycles. The number of phenols is 1. The normalized spacial score (nSPS) is 14.8. The Morgan fingerprint density at radius 2 is 1.83 bits per heavy atom. The van der Waals surface area contributed by atoms with E-state index in [0.717, 1.165) is 5.56 Å². The van der Waals surface area contributed by atoms with Crippen molar-refractivity contribution in [1.82, 2.24) is 0 Å². The lowest BCUT2D eigenvalue weighted by atomic mass is 9.83. The van der Waals surface area contributed by atoms with Gasteiger partial charge in [0.15, 0.2) is 0 Å². The van der Waals surface area contributed by atoms with E-state index in [-0.39, 0.29) is 29.6 Å². The summed E-state index contributed by atoms with van der Waals surface area (Å²) in [5, 5.41) is 19.8. The molecule has 0 aliphatic carbocycles. The minimum Gasteiger partial charge on any atom is -0.508 e. The molecule has 0 fully saturated rings. The molecule has 18 heavy (non-hydrogen) atoms. The van der Waals surface area contributed by atoms with E-state index in [4.69, 9.17) is 5.73 Å². The summed E-state index contributed by atoms with van der Waals surface area (Å²) in [4.78, 5) is 0. The van der Waals surface area contributed by atoms with Crippen LogP contribution < -0.4 is 5.73 Å². The van der Waals surface area contributed by atoms with Gasteiger partial charge in [-0.3, -0.25) is 0 Å². The first-order chi connectivity index (χ1) is 7.71. The molecule has 0 aliphatic heterocycles. The third-order valence-electron chi connectivity index (χ3n) is 3.13. The number of hydrogen-bond acceptors (Lipinski definition) is 3. The fraction of sp³-hybridized carbons (Fsp3) is 0.571. The molecule has 0 spiro atoms. The van der Waals surface area contributed by atoms with Crippen LogP contribution in [0.4, 0.5) is 0 Å². The maximum absolute atomic E-state index is 10.1. The van der Waals surface area contributed by atoms with Gasteiger partial charge in [-0.05, 0) is 30.9 Å². The molecule has 1 aromatic carbocycles. The zero-order chi connectivity index (χ0) is 13.2. The van der Waals surface area contributed by atoms with Crippen molar-refractivity contribution >= 4 is 12.4 Å². The second kappa shape index (κ2) is 6.41. The molecule has 2 atom stereocenters. The lowest BCUT2D eigenvalue weighted by Crippen LogP contribution is -2.36. The number of benzene rings is 1. The summed E-state index contributed by atoms with van der Waals surface area (Å²) in [5.41, 5.74) is 7.56. The van der Waals surface area contributed by atoms with E-state index in [0.29, 0.717) is 12.0 Å². The van der Waals surface area contributed by atoms with Crippen molar-refractivity contribution in [2.45, 2.75) is 46.3 Å². The highest BCUT2D eigenvalue weighted by molar-refractivity contribution is 5.85. The van der Waals surface area contributed by atoms with Gasteiger partial charge >= 0.3 is 0 Å². The van der Waals surface area contributed by atoms with Crippen LogP contribution in [0.1, 0.15) is 44.4 Å². The highest BCUT2D eigenvalue weighted by Gasteiger charge is 2.25. The van der Waals surface area contributed by atoms with E-state index in [1.165, 1.54) is 0 Å². The lowest BCUT2D eigenvalue weighted by molar-refractivity contribution is 0.130. The van der Waals surface area contributed by atoms with Crippen molar-refractivity contribution in [2.75, 3.05) is 0 Å². The van der Waals surface area contributed by atoms with Gasteiger partial charge in [0, 0.05) is 11.6 Å². The molecule has 3 nitrogen and oxygen atoms in total. The molecular formula is C14H24ClNO2. The molecular weight excluding hydrogens is 250 g/mol. The first-order valence-electron chi connectivity index (χ1n) is 5.95. The van der Waals surface area contributed by atoms with Gasteiger partial charge in [0.2, 0.25) is 0 Å². The largest absolute Gasteiger partial charge is 0.508 e. The van der Waals surface area contributed by atoms with Crippen molar-refractivity contribution in [2.24, 2.45) is 11.1 Å². The predicted molar refractivity (Wildman–Crippen MR) is 77.1 cm³/mol. The Morgan fingerprint density at radius 1 is 1.28 bits per heavy atom. The van der Waals surface area contributed by atoms with Crippen LogP contribution >= 0.6 is 12.4 Å². The average molecular weight is 274 g/mol. The van der Waals surface area contributed by atoms with Crippen LogP contribution in [0.3, 0.4) is 0 Å². The Kier molecular flexibility index (Phi) is 6.14. The van der Waals surface area contributed by atoms with Gasteiger partial charge in [0.05, 0.1) is 6.10 Å². The monoisotopic (exact) mass is 273 g/mol. The van der Waals surface area contributed by atoms with E-state index in [2.05, 4.69) is 0 Å². The Hall–Kier alpha value is -0.770. The number of aryl methyl sites for hydroxylation is 1. The number of phenolic OH excluding ortho intramolecular Hbond substituents is 1. The van der Waals surface area contributed by atoms with Crippen molar-refractivity contribution in [3.8, 4) is 5.75 Å². The molecule has 0 aliphatic rings. The molecule has 0 radical (unpaired) electrons. The van der Waals surface area contributed by atoms with Crippen LogP contribution in [0, 0.1) is 12.3 Å². The SMILES string of the molecule is Cc1ccc(O)c([C@H](O)C[C@@H](N)C(C)(C)C)c1.Cl. The summed E-state index contributed by atoms with van der Waals surface area (Å²) in [7, 11) is 0. The molecule has 0 bridgehead atoms. The molecule has 1 aromatic rings. The van der Waals surface area contributed by atoms with Crippen LogP contribution in [0.25, 0.3) is 0 Å². The van der Waals surface area contributed by atoms with Crippen LogP contribution in [0.15, 0.2) is 18.2 Å². The maximum atomic E-state index is 10.1. The summed E-state index contributed by atoms with van der Waals surface area (Å²) in [6, 6.07) is 5.11. The molecule has 0 amide bonds. The van der Waals surface area contributed by atoms with E-state index < -0.39 is 6.10 Å². The van der Waals surface area contributed by atoms with Gasteiger partial charge < -0.3 is 15.9 Å². The van der Waals surface area contributed by atoms with Gasteiger partial charge in [0.1, 0.15) is 5.75 Å². The Bertz CT molecular complexity index is 388. The van der Waals surface area contributed by atoms with Crippen LogP contribution in [-0.2, 0) is 0 Å². The molecule has 4 N–H and O–H groups in total. The number of hydrogen-bond donors (Lipinski definition) is 3. The van der Waals surface area contributed by atoms with Crippen molar-refractivity contribution in [3.05, 3.63) is 29.3 Å². The van der Waals surface area contributed by atoms with Crippen LogP contribution in [0.2, 0.25) is 0 Å². The van der Waals surface area contributed by atoms with Crippen LogP contribution in [0.5, 0.6) is 5.75 Å². The fourth-order valence-electron chi connectivity index (χ4n) is 1.66. The highest BCUT2D eigenvalue weighted by atomic mass is 35.5. The fourth-order valence-corrected chi connectivity index (χ4v) is 1.66. The summed E-state index contributed by atoms with van der Waals surface area (Å²) in [6.07, 6.45) is -0.273. The second-order valence-corrected chi connectivity index (χ2v) is 5.79. The van der Waals surface area contributed by atoms with Gasteiger partial charge in [0.25, 0.3) is 0 Å². The first-order valence-corrected chi connectivity index (χ1v) is 5.95. The van der Waals surface area contributed by atoms with Gasteiger partial charge in [-0.2, -0.15) is 0 Å². The van der Waals surface area contributed by atoms with Crippen molar-refractivity contribution < 1.29 is 10.2 Å². The Morgan fingerprint density at radius 3 is 2.33 bits per heavy atom. The lowest BCUT2D eigenvalue weighted by Gasteiger charge is -2.29. The molecule has 0 saturated carbocycles. The van der Waals surface area contributed by atoms with E-state index in [9.17, 15) is 10.2 Å². The smallest absolute Gasteiger partial charge is 0.121 e. The summed E-state index contributed by atoms with van der Waals surface area (Å²) < 4.78 is 0. The van der Waals surface area contributed by atoms with Crippen molar-refractivity contribution in [1.29, 1.82) is 0 Å². The minimum atomic E-state index is -0.718. The average Bonchev–Trinajstić information content (AvgIpc) is 2.20. The van der Waals surface area contributed by atoms with Crippen LogP contribution in [-0.4, -0.2) is 16.3 Å². The van der Waals surface area contributed by atoms with Gasteiger partial charge in [-0.25, -0.2) is 0 Å². The number of aliphatic hydroxyl groups excluding tert-OH is 1. The number of aliphatic hydroxyl groups is 1. The maximum Gasteiger partial charge on any atom is 0.121 e. The number of halogens is 1. The summed E-state index contributed by atoms with van der Waals surface area (Å²) >= 11 is 0. The van der Waals surface area contributed by atoms with E-state index >= 15 is 0 Å². The van der Waals surface area contributed by atoms with E-state index in [1.54, 1.807) is 12.1 Å². The highest BCUT2D eigenvalue weighted by Crippen LogP contribution is 2.31. The molecule has 0 saturated heterocycles. The number of rotatable bonds is 3. The third kappa shape index (κ3) is 4.48. The Balaban J connectivity index is 0.00000289. The topological polar surface area (TPSA) is 66.5 Å². The first kappa shape index (κ1) is 17.2. The van der Waals surface area contributed by atoms with Crippen molar-refractivity contribution in [3.63, 3.8) is 0 Å². The molecule has 104 valence electrons. The van der Waals surface area contributed by atoms with Gasteiger partial charge in [-0.1, -0.05) is 32.4 Å². The quantitative estimate of drug-likeness (QED) is 0.793. The second-order valence-electron chi connectivity index (χ2n) is 5.79. The predicted octanol–water partition coefficient (Wildman–Crippen LogP) is 2.92. The molecule has 0 unspecified atom stereocenters. The molecule has 1 rings (SSSR count). The zero-order valence-electron chi connectivity index (χ0n) is 11.5. The third-order valence-corrected chi connectivity index (χ3v) is 3.13.